The van der Waals surface area contributed by atoms with Gasteiger partial charge in [-0.2, -0.15) is 0 Å². The van der Waals surface area contributed by atoms with Crippen molar-refractivity contribution in [2.45, 2.75) is 44.5 Å². The predicted octanol–water partition coefficient (Wildman–Crippen LogP) is 3.76. The van der Waals surface area contributed by atoms with Crippen LogP contribution in [0.2, 0.25) is 0 Å². The average molecular weight is 588 g/mol. The SMILES string of the molecule is COc1cc(CN(C)c2cc3nc4c2ncn4C(O)N[C@@H]2CC[C@H]2OCc2cc(c4c(c2)N(C)CCO4)N3)cc(OC)c1. The average Bonchev–Trinajstić information content (AvgIpc) is 3.43. The molecule has 0 spiro atoms. The normalized spacial score (nSPS) is 21.1. The molecule has 226 valence electrons. The molecule has 7 rings (SSSR count). The van der Waals surface area contributed by atoms with E-state index in [2.05, 4.69) is 39.6 Å². The Labute approximate surface area is 250 Å². The smallest absolute Gasteiger partial charge is 0.190 e. The van der Waals surface area contributed by atoms with Gasteiger partial charge >= 0.3 is 0 Å². The number of methoxy groups -OCH3 is 2. The molecule has 1 unspecified atom stereocenters. The van der Waals surface area contributed by atoms with Gasteiger partial charge in [0.05, 0.1) is 50.5 Å². The molecule has 3 aliphatic rings. The Bertz CT molecular complexity index is 1640. The van der Waals surface area contributed by atoms with Gasteiger partial charge in [0.25, 0.3) is 0 Å². The number of likely N-dealkylation sites (N-methyl/N-ethyl adjacent to an activating group) is 1. The number of rotatable bonds is 5. The van der Waals surface area contributed by atoms with Crippen molar-refractivity contribution in [3.05, 3.63) is 53.9 Å². The molecule has 3 N–H and O–H groups in total. The molecular weight excluding hydrogens is 550 g/mol. The zero-order valence-electron chi connectivity index (χ0n) is 24.8. The predicted molar refractivity (Wildman–Crippen MR) is 164 cm³/mol. The van der Waals surface area contributed by atoms with Crippen LogP contribution in [-0.4, -0.2) is 73.3 Å². The van der Waals surface area contributed by atoms with Crippen LogP contribution in [0.15, 0.2) is 42.7 Å². The summed E-state index contributed by atoms with van der Waals surface area (Å²) in [6, 6.07) is 12.0. The summed E-state index contributed by atoms with van der Waals surface area (Å²) in [7, 11) is 7.37. The number of anilines is 4. The number of benzene rings is 2. The molecule has 0 amide bonds. The van der Waals surface area contributed by atoms with Gasteiger partial charge in [-0.05, 0) is 48.2 Å². The van der Waals surface area contributed by atoms with Gasteiger partial charge in [-0.1, -0.05) is 0 Å². The van der Waals surface area contributed by atoms with Crippen molar-refractivity contribution in [1.82, 2.24) is 19.9 Å². The first-order valence-corrected chi connectivity index (χ1v) is 14.5. The summed E-state index contributed by atoms with van der Waals surface area (Å²) in [6.07, 6.45) is 2.46. The van der Waals surface area contributed by atoms with Crippen LogP contribution in [0.4, 0.5) is 22.9 Å². The molecule has 4 heterocycles. The second kappa shape index (κ2) is 11.1. The molecule has 0 saturated heterocycles. The monoisotopic (exact) mass is 587 g/mol. The van der Waals surface area contributed by atoms with E-state index >= 15 is 0 Å². The van der Waals surface area contributed by atoms with Crippen LogP contribution in [0.3, 0.4) is 0 Å². The first-order valence-electron chi connectivity index (χ1n) is 14.5. The third-order valence-electron chi connectivity index (χ3n) is 8.53. The molecule has 2 aromatic heterocycles. The number of nitrogens with one attached hydrogen (secondary N) is 2. The molecule has 1 aliphatic carbocycles. The fraction of sp³-hybridized carbons (Fsp3) is 0.419. The molecule has 1 fully saturated rings. The molecule has 43 heavy (non-hydrogen) atoms. The summed E-state index contributed by atoms with van der Waals surface area (Å²) in [5.41, 5.74) is 5.94. The summed E-state index contributed by atoms with van der Waals surface area (Å²) < 4.78 is 25.2. The number of aliphatic hydroxyl groups is 1. The lowest BCUT2D eigenvalue weighted by Crippen LogP contribution is -2.51. The zero-order chi connectivity index (χ0) is 29.7. The Morgan fingerprint density at radius 2 is 1.91 bits per heavy atom. The highest BCUT2D eigenvalue weighted by Crippen LogP contribution is 2.42. The number of nitrogens with zero attached hydrogens (tertiary/aromatic N) is 5. The lowest BCUT2D eigenvalue weighted by atomic mass is 9.89. The molecule has 4 bridgehead atoms. The Hall–Kier alpha value is -4.26. The molecule has 3 atom stereocenters. The van der Waals surface area contributed by atoms with Crippen LogP contribution < -0.4 is 34.6 Å². The molecule has 4 aromatic rings. The Balaban J connectivity index is 1.34. The third kappa shape index (κ3) is 5.15. The second-order valence-corrected chi connectivity index (χ2v) is 11.4. The number of hydrogen-bond donors (Lipinski definition) is 3. The summed E-state index contributed by atoms with van der Waals surface area (Å²) in [5, 5.41) is 18.2. The van der Waals surface area contributed by atoms with Gasteiger partial charge in [-0.3, -0.25) is 9.88 Å². The first kappa shape index (κ1) is 27.6. The van der Waals surface area contributed by atoms with Crippen LogP contribution in [0.1, 0.15) is 30.3 Å². The maximum Gasteiger partial charge on any atom is 0.190 e. The van der Waals surface area contributed by atoms with Crippen molar-refractivity contribution in [3.63, 3.8) is 0 Å². The fourth-order valence-corrected chi connectivity index (χ4v) is 6.00. The van der Waals surface area contributed by atoms with E-state index in [1.807, 2.05) is 31.3 Å². The minimum absolute atomic E-state index is 0.00105. The van der Waals surface area contributed by atoms with E-state index in [-0.39, 0.29) is 12.1 Å². The Kier molecular flexibility index (Phi) is 7.12. The summed E-state index contributed by atoms with van der Waals surface area (Å²) in [4.78, 5) is 14.0. The number of aliphatic hydroxyl groups excluding tert-OH is 1. The minimum Gasteiger partial charge on any atom is -0.497 e. The van der Waals surface area contributed by atoms with Crippen molar-refractivity contribution < 1.29 is 24.1 Å². The summed E-state index contributed by atoms with van der Waals surface area (Å²) >= 11 is 0. The fourth-order valence-electron chi connectivity index (χ4n) is 6.00. The van der Waals surface area contributed by atoms with Crippen LogP contribution in [-0.2, 0) is 17.9 Å². The van der Waals surface area contributed by atoms with Gasteiger partial charge in [-0.15, -0.1) is 0 Å². The van der Waals surface area contributed by atoms with E-state index in [1.54, 1.807) is 25.1 Å². The van der Waals surface area contributed by atoms with E-state index < -0.39 is 6.35 Å². The number of pyridine rings is 1. The summed E-state index contributed by atoms with van der Waals surface area (Å²) in [5.74, 6) is 2.82. The third-order valence-corrected chi connectivity index (χ3v) is 8.53. The number of hydrogen-bond acceptors (Lipinski definition) is 11. The molecular formula is C31H37N7O5. The van der Waals surface area contributed by atoms with E-state index in [1.165, 1.54) is 0 Å². The van der Waals surface area contributed by atoms with E-state index in [0.29, 0.717) is 36.7 Å². The molecule has 0 radical (unpaired) electrons. The highest BCUT2D eigenvalue weighted by Gasteiger charge is 2.34. The van der Waals surface area contributed by atoms with Gasteiger partial charge in [0, 0.05) is 38.8 Å². The number of fused-ring (bicyclic) bond motifs is 6. The highest BCUT2D eigenvalue weighted by molar-refractivity contribution is 5.90. The lowest BCUT2D eigenvalue weighted by Gasteiger charge is -2.38. The van der Waals surface area contributed by atoms with Crippen LogP contribution in [0.25, 0.3) is 11.2 Å². The van der Waals surface area contributed by atoms with Crippen LogP contribution in [0.5, 0.6) is 17.2 Å². The quantitative estimate of drug-likeness (QED) is 0.317. The molecule has 12 nitrogen and oxygen atoms in total. The van der Waals surface area contributed by atoms with Gasteiger partial charge in [0.2, 0.25) is 0 Å². The summed E-state index contributed by atoms with van der Waals surface area (Å²) in [6.45, 7) is 2.40. The lowest BCUT2D eigenvalue weighted by molar-refractivity contribution is -0.0636. The number of aromatic nitrogens is 3. The standard InChI is InChI=1S/C31H37N7O5/c1-36-7-8-42-29-23-11-19(12-25(29)36)16-43-26-6-5-22(26)34-31(39)38-17-32-28-24(14-27(33-23)35-30(28)38)37(2)15-18-9-20(40-3)13-21(10-18)41-4/h9-14,17,22,26,31,34,39H,5-8,15-16H2,1-4H3,(H,33,35)/t22-,26-,31?/m1/s1. The number of ether oxygens (including phenoxy) is 4. The van der Waals surface area contributed by atoms with Crippen molar-refractivity contribution in [3.8, 4) is 17.2 Å². The highest BCUT2D eigenvalue weighted by atomic mass is 16.5. The zero-order valence-corrected chi connectivity index (χ0v) is 24.8. The van der Waals surface area contributed by atoms with Gasteiger partial charge in [0.1, 0.15) is 35.8 Å². The topological polar surface area (TPSA) is 118 Å². The minimum atomic E-state index is -1.02. The van der Waals surface area contributed by atoms with Gasteiger partial charge in [-0.25, -0.2) is 9.97 Å². The Morgan fingerprint density at radius 3 is 2.65 bits per heavy atom. The van der Waals surface area contributed by atoms with Crippen molar-refractivity contribution in [2.24, 2.45) is 0 Å². The maximum absolute atomic E-state index is 11.3. The van der Waals surface area contributed by atoms with Crippen LogP contribution >= 0.6 is 0 Å². The number of imidazole rings is 1. The van der Waals surface area contributed by atoms with E-state index in [9.17, 15) is 5.11 Å². The van der Waals surface area contributed by atoms with Crippen molar-refractivity contribution in [1.29, 1.82) is 0 Å². The molecule has 2 aromatic carbocycles. The maximum atomic E-state index is 11.3. The van der Waals surface area contributed by atoms with Gasteiger partial charge < -0.3 is 39.2 Å². The molecule has 2 aliphatic heterocycles. The Morgan fingerprint density at radius 1 is 1.09 bits per heavy atom. The molecule has 12 heteroatoms. The van der Waals surface area contributed by atoms with Crippen molar-refractivity contribution in [2.75, 3.05) is 56.6 Å². The van der Waals surface area contributed by atoms with E-state index in [4.69, 9.17) is 28.9 Å². The van der Waals surface area contributed by atoms with E-state index in [0.717, 1.165) is 64.8 Å². The van der Waals surface area contributed by atoms with Crippen molar-refractivity contribution >= 4 is 34.0 Å². The molecule has 1 saturated carbocycles. The van der Waals surface area contributed by atoms with Gasteiger partial charge in [0.15, 0.2) is 17.7 Å². The first-order chi connectivity index (χ1) is 20.9. The second-order valence-electron chi connectivity index (χ2n) is 11.4. The largest absolute Gasteiger partial charge is 0.497 e. The van der Waals surface area contributed by atoms with Crippen LogP contribution in [0, 0.1) is 0 Å².